The fourth-order valence-electron chi connectivity index (χ4n) is 6.22. The van der Waals surface area contributed by atoms with Crippen molar-refractivity contribution in [3.63, 3.8) is 0 Å². The average molecular weight is 565 g/mol. The highest BCUT2D eigenvalue weighted by molar-refractivity contribution is 5.77. The zero-order valence-electron chi connectivity index (χ0n) is 23.9. The molecule has 10 nitrogen and oxygen atoms in total. The number of hydrogen-bond acceptors (Lipinski definition) is 8. The summed E-state index contributed by atoms with van der Waals surface area (Å²) in [7, 11) is 0. The maximum Gasteiger partial charge on any atom is 0.248 e. The second-order valence-electron chi connectivity index (χ2n) is 11.3. The lowest BCUT2D eigenvalue weighted by molar-refractivity contribution is -0.137. The Balaban J connectivity index is 0.000000202. The van der Waals surface area contributed by atoms with Crippen molar-refractivity contribution in [1.29, 1.82) is 0 Å². The van der Waals surface area contributed by atoms with Gasteiger partial charge in [-0.15, -0.1) is 0 Å². The molecule has 3 N–H and O–H groups in total. The summed E-state index contributed by atoms with van der Waals surface area (Å²) in [5, 5.41) is 21.0. The first kappa shape index (κ1) is 29.6. The maximum atomic E-state index is 11.6. The van der Waals surface area contributed by atoms with Gasteiger partial charge in [0, 0.05) is 90.6 Å². The van der Waals surface area contributed by atoms with E-state index < -0.39 is 0 Å². The van der Waals surface area contributed by atoms with Crippen LogP contribution in [0.2, 0.25) is 0 Å². The van der Waals surface area contributed by atoms with Gasteiger partial charge in [-0.1, -0.05) is 60.7 Å². The van der Waals surface area contributed by atoms with E-state index in [1.54, 1.807) is 9.80 Å². The Labute approximate surface area is 243 Å². The Morgan fingerprint density at radius 2 is 1.07 bits per heavy atom. The predicted octanol–water partition coefficient (Wildman–Crippen LogP) is -0.309. The molecule has 4 saturated heterocycles. The van der Waals surface area contributed by atoms with E-state index in [0.717, 1.165) is 78.5 Å². The van der Waals surface area contributed by atoms with Crippen LogP contribution >= 0.6 is 0 Å². The lowest BCUT2D eigenvalue weighted by atomic mass is 9.92. The summed E-state index contributed by atoms with van der Waals surface area (Å²) >= 11 is 0. The van der Waals surface area contributed by atoms with Crippen molar-refractivity contribution in [2.24, 2.45) is 0 Å². The van der Waals surface area contributed by atoms with Crippen LogP contribution in [0.5, 0.6) is 0 Å². The number of hydrogen-bond donors (Lipinski definition) is 3. The zero-order chi connectivity index (χ0) is 28.6. The Bertz CT molecular complexity index is 1060. The molecular weight excluding hydrogens is 520 g/mol. The minimum absolute atomic E-state index is 0.142. The minimum Gasteiger partial charge on any atom is -0.387 e. The number of amides is 2. The van der Waals surface area contributed by atoms with Crippen LogP contribution in [0.4, 0.5) is 0 Å². The number of nitrogens with zero attached hydrogens (tertiary/aromatic N) is 5. The molecule has 0 radical (unpaired) electrons. The van der Waals surface area contributed by atoms with Gasteiger partial charge in [0.25, 0.3) is 0 Å². The summed E-state index contributed by atoms with van der Waals surface area (Å²) in [5.41, 5.74) is 2.67. The smallest absolute Gasteiger partial charge is 0.248 e. The standard InChI is InChI=1S/C22H27N3O2.C9H17N3O2/c26-17-21(27)24-13-11-23(12-14-24)20-15-25(16-20)22(18-7-3-1-4-8-18)19-9-5-2-6-10-19;13-7-9(14)12-3-1-11(2-4-12)8-5-10-6-8/h1-10,20,22,26H,11-17H2;8,10,13H,1-7H2. The fraction of sp³-hybridized carbons (Fsp3) is 0.548. The third kappa shape index (κ3) is 7.32. The van der Waals surface area contributed by atoms with E-state index in [2.05, 4.69) is 80.7 Å². The molecule has 2 amide bonds. The molecule has 0 aliphatic carbocycles. The number of piperazine rings is 2. The summed E-state index contributed by atoms with van der Waals surface area (Å²) in [6.45, 7) is 10.1. The van der Waals surface area contributed by atoms with Crippen LogP contribution in [0.15, 0.2) is 60.7 Å². The highest BCUT2D eigenvalue weighted by Gasteiger charge is 2.38. The van der Waals surface area contributed by atoms with Crippen molar-refractivity contribution in [3.05, 3.63) is 71.8 Å². The number of nitrogens with one attached hydrogen (secondary N) is 1. The summed E-state index contributed by atoms with van der Waals surface area (Å²) in [6, 6.07) is 22.9. The molecule has 41 heavy (non-hydrogen) atoms. The van der Waals surface area contributed by atoms with Gasteiger partial charge in [0.1, 0.15) is 13.2 Å². The average Bonchev–Trinajstić information content (AvgIpc) is 2.99. The first-order valence-corrected chi connectivity index (χ1v) is 14.9. The van der Waals surface area contributed by atoms with E-state index in [1.807, 2.05) is 0 Å². The molecule has 0 saturated carbocycles. The predicted molar refractivity (Wildman–Crippen MR) is 157 cm³/mol. The Morgan fingerprint density at radius 3 is 1.44 bits per heavy atom. The largest absolute Gasteiger partial charge is 0.387 e. The van der Waals surface area contributed by atoms with Gasteiger partial charge in [0.2, 0.25) is 11.8 Å². The quantitative estimate of drug-likeness (QED) is 0.421. The number of carbonyl (C=O) groups excluding carboxylic acids is 2. The molecule has 2 aromatic carbocycles. The second kappa shape index (κ2) is 14.4. The molecule has 6 rings (SSSR count). The molecule has 0 atom stereocenters. The minimum atomic E-state index is -0.382. The molecule has 222 valence electrons. The van der Waals surface area contributed by atoms with Crippen LogP contribution in [0.25, 0.3) is 0 Å². The number of carbonyl (C=O) groups is 2. The number of aliphatic hydroxyl groups excluding tert-OH is 2. The molecular formula is C31H44N6O4. The molecule has 2 aromatic rings. The van der Waals surface area contributed by atoms with E-state index in [1.165, 1.54) is 11.1 Å². The number of likely N-dealkylation sites (tertiary alicyclic amines) is 1. The summed E-state index contributed by atoms with van der Waals surface area (Å²) in [6.07, 6.45) is 0. The maximum absolute atomic E-state index is 11.6. The molecule has 0 spiro atoms. The van der Waals surface area contributed by atoms with Crippen molar-refractivity contribution in [2.45, 2.75) is 18.1 Å². The van der Waals surface area contributed by atoms with E-state index in [9.17, 15) is 9.59 Å². The van der Waals surface area contributed by atoms with Crippen LogP contribution in [0.3, 0.4) is 0 Å². The number of benzene rings is 2. The third-order valence-electron chi connectivity index (χ3n) is 8.88. The van der Waals surface area contributed by atoms with Crippen LogP contribution < -0.4 is 5.32 Å². The van der Waals surface area contributed by atoms with Gasteiger partial charge in [-0.05, 0) is 11.1 Å². The van der Waals surface area contributed by atoms with Gasteiger partial charge in [-0.2, -0.15) is 0 Å². The van der Waals surface area contributed by atoms with Crippen molar-refractivity contribution >= 4 is 11.8 Å². The summed E-state index contributed by atoms with van der Waals surface area (Å²) < 4.78 is 0. The molecule has 0 bridgehead atoms. The normalized spacial score (nSPS) is 21.1. The highest BCUT2D eigenvalue weighted by atomic mass is 16.3. The lowest BCUT2D eigenvalue weighted by Crippen LogP contribution is -2.64. The van der Waals surface area contributed by atoms with Crippen molar-refractivity contribution < 1.29 is 19.8 Å². The Morgan fingerprint density at radius 1 is 0.659 bits per heavy atom. The van der Waals surface area contributed by atoms with Gasteiger partial charge in [-0.3, -0.25) is 24.3 Å². The Hall–Kier alpha value is -2.86. The highest BCUT2D eigenvalue weighted by Crippen LogP contribution is 2.33. The van der Waals surface area contributed by atoms with Crippen molar-refractivity contribution in [2.75, 3.05) is 91.8 Å². The van der Waals surface area contributed by atoms with Gasteiger partial charge in [0.15, 0.2) is 0 Å². The first-order chi connectivity index (χ1) is 20.1. The summed E-state index contributed by atoms with van der Waals surface area (Å²) in [4.78, 5) is 33.8. The van der Waals surface area contributed by atoms with Gasteiger partial charge < -0.3 is 25.3 Å². The monoisotopic (exact) mass is 564 g/mol. The van der Waals surface area contributed by atoms with Crippen molar-refractivity contribution in [1.82, 2.24) is 29.8 Å². The molecule has 10 heteroatoms. The molecule has 4 aliphatic rings. The topological polar surface area (TPSA) is 103 Å². The van der Waals surface area contributed by atoms with E-state index >= 15 is 0 Å². The third-order valence-corrected chi connectivity index (χ3v) is 8.88. The molecule has 4 heterocycles. The second-order valence-corrected chi connectivity index (χ2v) is 11.3. The number of rotatable bonds is 7. The molecule has 0 unspecified atom stereocenters. The van der Waals surface area contributed by atoms with Crippen LogP contribution in [-0.4, -0.2) is 150 Å². The van der Waals surface area contributed by atoms with Crippen LogP contribution in [0, 0.1) is 0 Å². The molecule has 4 aliphatic heterocycles. The SMILES string of the molecule is O=C(CO)N1CCN(C2CN(C(c3ccccc3)c3ccccc3)C2)CC1.O=C(CO)N1CCN(C2CNC2)CC1. The van der Waals surface area contributed by atoms with Gasteiger partial charge in [-0.25, -0.2) is 0 Å². The van der Waals surface area contributed by atoms with Gasteiger partial charge >= 0.3 is 0 Å². The number of aliphatic hydroxyl groups is 2. The van der Waals surface area contributed by atoms with E-state index in [-0.39, 0.29) is 25.0 Å². The lowest BCUT2D eigenvalue weighted by Gasteiger charge is -2.51. The molecule has 0 aromatic heterocycles. The van der Waals surface area contributed by atoms with E-state index in [4.69, 9.17) is 10.2 Å². The fourth-order valence-corrected chi connectivity index (χ4v) is 6.22. The van der Waals surface area contributed by atoms with E-state index in [0.29, 0.717) is 18.1 Å². The zero-order valence-corrected chi connectivity index (χ0v) is 23.9. The van der Waals surface area contributed by atoms with Crippen LogP contribution in [0.1, 0.15) is 17.2 Å². The van der Waals surface area contributed by atoms with Gasteiger partial charge in [0.05, 0.1) is 6.04 Å². The molecule has 4 fully saturated rings. The summed E-state index contributed by atoms with van der Waals surface area (Å²) in [5.74, 6) is -0.297. The first-order valence-electron chi connectivity index (χ1n) is 14.9. The van der Waals surface area contributed by atoms with Crippen molar-refractivity contribution in [3.8, 4) is 0 Å². The van der Waals surface area contributed by atoms with Crippen LogP contribution in [-0.2, 0) is 9.59 Å². The Kier molecular flexibility index (Phi) is 10.4.